The van der Waals surface area contributed by atoms with Crippen molar-refractivity contribution in [3.63, 3.8) is 0 Å². The summed E-state index contributed by atoms with van der Waals surface area (Å²) < 4.78 is 0.971. The summed E-state index contributed by atoms with van der Waals surface area (Å²) in [6.07, 6.45) is 8.07. The van der Waals surface area contributed by atoms with Crippen LogP contribution in [0.1, 0.15) is 83.0 Å². The maximum absolute atomic E-state index is 13.7. The van der Waals surface area contributed by atoms with E-state index in [4.69, 9.17) is 4.98 Å². The van der Waals surface area contributed by atoms with Crippen LogP contribution >= 0.6 is 15.9 Å². The minimum Gasteiger partial charge on any atom is -0.339 e. The van der Waals surface area contributed by atoms with Crippen molar-refractivity contribution >= 4 is 27.7 Å². The summed E-state index contributed by atoms with van der Waals surface area (Å²) >= 11 is 3.43. The number of piperidine rings is 2. The van der Waals surface area contributed by atoms with E-state index in [-0.39, 0.29) is 17.7 Å². The van der Waals surface area contributed by atoms with Crippen LogP contribution in [0.2, 0.25) is 0 Å². The van der Waals surface area contributed by atoms with Crippen LogP contribution in [0.4, 0.5) is 0 Å². The molecule has 1 aliphatic carbocycles. The number of benzene rings is 1. The number of nitrogens with zero attached hydrogens (tertiary/aromatic N) is 3. The van der Waals surface area contributed by atoms with E-state index in [0.29, 0.717) is 19.0 Å². The predicted molar refractivity (Wildman–Crippen MR) is 137 cm³/mol. The summed E-state index contributed by atoms with van der Waals surface area (Å²) in [4.78, 5) is 35.5. The van der Waals surface area contributed by atoms with E-state index in [1.54, 1.807) is 0 Å². The summed E-state index contributed by atoms with van der Waals surface area (Å²) in [5.41, 5.74) is 3.38. The summed E-state index contributed by atoms with van der Waals surface area (Å²) in [6, 6.07) is 11.5. The molecular weight excluding hydrogens is 490 g/mol. The van der Waals surface area contributed by atoms with E-state index in [2.05, 4.69) is 20.8 Å². The minimum absolute atomic E-state index is 0.0785. The summed E-state index contributed by atoms with van der Waals surface area (Å²) in [6.45, 7) is 5.15. The van der Waals surface area contributed by atoms with Crippen molar-refractivity contribution in [1.29, 1.82) is 0 Å². The van der Waals surface area contributed by atoms with Crippen LogP contribution in [0.15, 0.2) is 40.9 Å². The van der Waals surface area contributed by atoms with Gasteiger partial charge in [0.1, 0.15) is 0 Å². The molecule has 180 valence electrons. The first-order valence-electron chi connectivity index (χ1n) is 12.8. The Morgan fingerprint density at radius 1 is 0.824 bits per heavy atom. The number of amides is 2. The highest BCUT2D eigenvalue weighted by atomic mass is 79.9. The Hall–Kier alpha value is -2.21. The summed E-state index contributed by atoms with van der Waals surface area (Å²) in [7, 11) is 0. The molecule has 1 aromatic carbocycles. The SMILES string of the molecule is Cc1ccc(C(=O)N2CC[C@H]3CCCC[C@@H]3C2)c(C2CCN(C(=O)c3ccc(Br)cc3)CC2)n1. The van der Waals surface area contributed by atoms with Crippen molar-refractivity contribution in [3.05, 3.63) is 63.4 Å². The van der Waals surface area contributed by atoms with Gasteiger partial charge in [0.05, 0.1) is 11.3 Å². The van der Waals surface area contributed by atoms with Gasteiger partial charge in [-0.05, 0) is 80.8 Å². The van der Waals surface area contributed by atoms with Crippen molar-refractivity contribution in [2.75, 3.05) is 26.2 Å². The van der Waals surface area contributed by atoms with Gasteiger partial charge in [-0.3, -0.25) is 14.6 Å². The predicted octanol–water partition coefficient (Wildman–Crippen LogP) is 5.82. The first-order valence-corrected chi connectivity index (χ1v) is 13.6. The minimum atomic E-state index is 0.0785. The summed E-state index contributed by atoms with van der Waals surface area (Å²) in [5, 5.41) is 0. The molecule has 0 spiro atoms. The number of aromatic nitrogens is 1. The van der Waals surface area contributed by atoms with E-state index < -0.39 is 0 Å². The molecule has 1 aromatic heterocycles. The Kier molecular flexibility index (Phi) is 7.05. The molecule has 2 saturated heterocycles. The molecule has 0 N–H and O–H groups in total. The second-order valence-corrected chi connectivity index (χ2v) is 11.2. The number of aryl methyl sites for hydroxylation is 1. The molecule has 3 heterocycles. The average molecular weight is 525 g/mol. The van der Waals surface area contributed by atoms with Gasteiger partial charge in [0.25, 0.3) is 11.8 Å². The molecule has 3 aliphatic rings. The molecule has 2 aromatic rings. The van der Waals surface area contributed by atoms with Crippen LogP contribution in [0.5, 0.6) is 0 Å². The van der Waals surface area contributed by atoms with Gasteiger partial charge in [-0.15, -0.1) is 0 Å². The lowest BCUT2D eigenvalue weighted by atomic mass is 9.75. The Morgan fingerprint density at radius 3 is 2.24 bits per heavy atom. The van der Waals surface area contributed by atoms with Gasteiger partial charge in [0, 0.05) is 47.8 Å². The number of rotatable bonds is 3. The molecule has 0 unspecified atom stereocenters. The highest BCUT2D eigenvalue weighted by Crippen LogP contribution is 2.37. The van der Waals surface area contributed by atoms with Crippen molar-refractivity contribution in [2.24, 2.45) is 11.8 Å². The summed E-state index contributed by atoms with van der Waals surface area (Å²) in [5.74, 6) is 1.91. The molecule has 2 aliphatic heterocycles. The van der Waals surface area contributed by atoms with Crippen LogP contribution < -0.4 is 0 Å². The van der Waals surface area contributed by atoms with Crippen LogP contribution in [0, 0.1) is 18.8 Å². The molecule has 2 atom stereocenters. The van der Waals surface area contributed by atoms with Gasteiger partial charge >= 0.3 is 0 Å². The van der Waals surface area contributed by atoms with E-state index >= 15 is 0 Å². The Morgan fingerprint density at radius 2 is 1.50 bits per heavy atom. The zero-order valence-corrected chi connectivity index (χ0v) is 21.6. The van der Waals surface area contributed by atoms with Gasteiger partial charge in [0.2, 0.25) is 0 Å². The molecule has 6 heteroatoms. The fourth-order valence-electron chi connectivity index (χ4n) is 6.16. The van der Waals surface area contributed by atoms with Crippen molar-refractivity contribution in [1.82, 2.24) is 14.8 Å². The number of pyridine rings is 1. The zero-order valence-electron chi connectivity index (χ0n) is 20.0. The molecule has 1 saturated carbocycles. The number of likely N-dealkylation sites (tertiary alicyclic amines) is 2. The first-order chi connectivity index (χ1) is 16.5. The standard InChI is InChI=1S/C28H34BrN3O2/c1-19-6-11-25(28(34)32-17-12-20-4-2-3-5-23(20)18-32)26(30-19)21-13-15-31(16-14-21)27(33)22-7-9-24(29)10-8-22/h6-11,20-21,23H,2-5,12-18H2,1H3/t20-,23-/m1/s1. The number of fused-ring (bicyclic) bond motifs is 1. The second-order valence-electron chi connectivity index (χ2n) is 10.3. The number of hydrogen-bond acceptors (Lipinski definition) is 3. The van der Waals surface area contributed by atoms with E-state index in [0.717, 1.165) is 65.3 Å². The van der Waals surface area contributed by atoms with Crippen LogP contribution in [-0.4, -0.2) is 52.8 Å². The van der Waals surface area contributed by atoms with Gasteiger partial charge in [-0.2, -0.15) is 0 Å². The monoisotopic (exact) mass is 523 g/mol. The highest BCUT2D eigenvalue weighted by molar-refractivity contribution is 9.10. The van der Waals surface area contributed by atoms with Crippen molar-refractivity contribution in [3.8, 4) is 0 Å². The third-order valence-electron chi connectivity index (χ3n) is 8.13. The first kappa shape index (κ1) is 23.5. The largest absolute Gasteiger partial charge is 0.339 e. The maximum atomic E-state index is 13.7. The molecule has 2 amide bonds. The number of carbonyl (C=O) groups excluding carboxylic acids is 2. The lowest BCUT2D eigenvalue weighted by Crippen LogP contribution is -2.45. The molecule has 5 nitrogen and oxygen atoms in total. The van der Waals surface area contributed by atoms with E-state index in [1.165, 1.54) is 25.7 Å². The lowest BCUT2D eigenvalue weighted by molar-refractivity contribution is 0.0517. The lowest BCUT2D eigenvalue weighted by Gasteiger charge is -2.41. The molecular formula is C28H34BrN3O2. The van der Waals surface area contributed by atoms with Crippen LogP contribution in [-0.2, 0) is 0 Å². The number of carbonyl (C=O) groups is 2. The van der Waals surface area contributed by atoms with Crippen molar-refractivity contribution < 1.29 is 9.59 Å². The van der Waals surface area contributed by atoms with Crippen LogP contribution in [0.25, 0.3) is 0 Å². The van der Waals surface area contributed by atoms with Crippen LogP contribution in [0.3, 0.4) is 0 Å². The van der Waals surface area contributed by atoms with Gasteiger partial charge in [0.15, 0.2) is 0 Å². The second kappa shape index (κ2) is 10.2. The highest BCUT2D eigenvalue weighted by Gasteiger charge is 2.35. The Labute approximate surface area is 211 Å². The number of halogens is 1. The van der Waals surface area contributed by atoms with Gasteiger partial charge in [-0.25, -0.2) is 0 Å². The average Bonchev–Trinajstić information content (AvgIpc) is 2.88. The third kappa shape index (κ3) is 4.93. The zero-order chi connectivity index (χ0) is 23.7. The smallest absolute Gasteiger partial charge is 0.255 e. The normalized spacial score (nSPS) is 23.5. The fourth-order valence-corrected chi connectivity index (χ4v) is 6.42. The molecule has 0 bridgehead atoms. The van der Waals surface area contributed by atoms with E-state index in [1.807, 2.05) is 48.2 Å². The molecule has 34 heavy (non-hydrogen) atoms. The number of hydrogen-bond donors (Lipinski definition) is 0. The van der Waals surface area contributed by atoms with Crippen molar-refractivity contribution in [2.45, 2.75) is 57.8 Å². The Bertz CT molecular complexity index is 1050. The van der Waals surface area contributed by atoms with E-state index in [9.17, 15) is 9.59 Å². The fraction of sp³-hybridized carbons (Fsp3) is 0.536. The Balaban J connectivity index is 1.28. The topological polar surface area (TPSA) is 53.5 Å². The molecule has 5 rings (SSSR count). The maximum Gasteiger partial charge on any atom is 0.255 e. The van der Waals surface area contributed by atoms with Gasteiger partial charge in [-0.1, -0.05) is 35.2 Å². The molecule has 3 fully saturated rings. The van der Waals surface area contributed by atoms with Gasteiger partial charge < -0.3 is 9.80 Å². The quantitative estimate of drug-likeness (QED) is 0.508. The molecule has 0 radical (unpaired) electrons. The third-order valence-corrected chi connectivity index (χ3v) is 8.66.